The van der Waals surface area contributed by atoms with Gasteiger partial charge in [-0.1, -0.05) is 0 Å². The average molecular weight is 807 g/mol. The molecule has 0 saturated heterocycles. The van der Waals surface area contributed by atoms with Crippen molar-refractivity contribution in [3.05, 3.63) is 157 Å². The molecule has 52 heavy (non-hydrogen) atoms. The molecule has 8 rings (SSSR count). The van der Waals surface area contributed by atoms with Crippen molar-refractivity contribution in [2.24, 2.45) is 33.5 Å². The van der Waals surface area contributed by atoms with Crippen molar-refractivity contribution in [2.75, 3.05) is 0 Å². The maximum Gasteiger partial charge on any atom is -1.00 e. The van der Waals surface area contributed by atoms with Crippen molar-refractivity contribution in [3.8, 4) is 0 Å². The molecule has 5 aliphatic carbocycles. The summed E-state index contributed by atoms with van der Waals surface area (Å²) in [5.74, 6) is 0.940. The first-order valence-electron chi connectivity index (χ1n) is 19.2. The molecule has 0 radical (unpaired) electrons. The molecule has 1 fully saturated rings. The molecule has 0 heterocycles. The number of rotatable bonds is 4. The molecular formula is C49H56Cl2Zr. The Balaban J connectivity index is 0.00000232. The smallest absolute Gasteiger partial charge is 1.00 e. The fourth-order valence-corrected chi connectivity index (χ4v) is 23.7. The Kier molecular flexibility index (Phi) is 10.2. The van der Waals surface area contributed by atoms with E-state index in [1.807, 2.05) is 5.57 Å². The van der Waals surface area contributed by atoms with Crippen LogP contribution in [0.4, 0.5) is 0 Å². The normalized spacial score (nSPS) is 28.5. The van der Waals surface area contributed by atoms with Gasteiger partial charge in [0.25, 0.3) is 0 Å². The summed E-state index contributed by atoms with van der Waals surface area (Å²) in [6.45, 7) is 26.5. The number of fused-ring (bicyclic) bond motifs is 6. The van der Waals surface area contributed by atoms with Crippen LogP contribution in [0.15, 0.2) is 135 Å². The van der Waals surface area contributed by atoms with Gasteiger partial charge in [0.2, 0.25) is 0 Å². The Labute approximate surface area is 334 Å². The molecule has 0 nitrogen and oxygen atoms in total. The van der Waals surface area contributed by atoms with Gasteiger partial charge in [0, 0.05) is 0 Å². The molecule has 4 atom stereocenters. The number of hydrogen-bond acceptors (Lipinski definition) is 0. The fourth-order valence-electron chi connectivity index (χ4n) is 11.9. The fraction of sp³-hybridized carbons (Fsp3) is 0.408. The van der Waals surface area contributed by atoms with E-state index < -0.39 is 21.3 Å². The van der Waals surface area contributed by atoms with Gasteiger partial charge in [0.15, 0.2) is 0 Å². The predicted molar refractivity (Wildman–Crippen MR) is 211 cm³/mol. The summed E-state index contributed by atoms with van der Waals surface area (Å²) in [5.41, 5.74) is 14.1. The summed E-state index contributed by atoms with van der Waals surface area (Å²) < 4.78 is 3.41. The van der Waals surface area contributed by atoms with Gasteiger partial charge < -0.3 is 24.8 Å². The maximum atomic E-state index is 2.83. The van der Waals surface area contributed by atoms with Gasteiger partial charge in [-0.2, -0.15) is 0 Å². The van der Waals surface area contributed by atoms with Crippen molar-refractivity contribution in [3.63, 3.8) is 0 Å². The van der Waals surface area contributed by atoms with E-state index in [9.17, 15) is 0 Å². The molecular weight excluding hydrogens is 751 g/mol. The Morgan fingerprint density at radius 1 is 0.712 bits per heavy atom. The van der Waals surface area contributed by atoms with Gasteiger partial charge in [0.1, 0.15) is 0 Å². The summed E-state index contributed by atoms with van der Waals surface area (Å²) in [6, 6.07) is 32.6. The zero-order chi connectivity index (χ0) is 35.4. The van der Waals surface area contributed by atoms with Crippen LogP contribution in [0.1, 0.15) is 104 Å². The van der Waals surface area contributed by atoms with Crippen molar-refractivity contribution in [1.82, 2.24) is 0 Å². The molecule has 5 aliphatic rings. The van der Waals surface area contributed by atoms with Gasteiger partial charge >= 0.3 is 312 Å². The molecule has 3 aromatic carbocycles. The quantitative estimate of drug-likeness (QED) is 0.269. The summed E-state index contributed by atoms with van der Waals surface area (Å²) in [5, 5.41) is 0. The van der Waals surface area contributed by atoms with Crippen LogP contribution in [0, 0.1) is 33.5 Å². The molecule has 4 unspecified atom stereocenters. The Morgan fingerprint density at radius 3 is 1.87 bits per heavy atom. The molecule has 1 saturated carbocycles. The Morgan fingerprint density at radius 2 is 1.29 bits per heavy atom. The third-order valence-electron chi connectivity index (χ3n) is 15.8. The van der Waals surface area contributed by atoms with Crippen LogP contribution in [0.2, 0.25) is 3.12 Å². The predicted octanol–water partition coefficient (Wildman–Crippen LogP) is 6.92. The number of hydrogen-bond donors (Lipinski definition) is 0. The molecule has 0 amide bonds. The number of allylic oxidation sites excluding steroid dienone is 10. The van der Waals surface area contributed by atoms with E-state index in [0.717, 1.165) is 6.42 Å². The second kappa shape index (κ2) is 13.5. The SMILES string of the molecule is CC1=CC(C)[C]([Zr+2](=[C](c2ccccc2)c2ccccc2)[C]2(C)C3=C4Cc5ccccc5C4=C4C=CCCC4C3(C)C(C)(C)C(C)(C)C2(C)C)=C1.[Cl-].[Cl-]. The van der Waals surface area contributed by atoms with E-state index in [1.165, 1.54) is 40.7 Å². The van der Waals surface area contributed by atoms with Crippen LogP contribution < -0.4 is 24.8 Å². The average Bonchev–Trinajstić information content (AvgIpc) is 3.65. The molecule has 0 aliphatic heterocycles. The second-order valence-corrected chi connectivity index (χ2v) is 25.0. The Bertz CT molecular complexity index is 2060. The maximum absolute atomic E-state index is 3.07. The van der Waals surface area contributed by atoms with Crippen molar-refractivity contribution in [2.45, 2.75) is 91.6 Å². The first kappa shape index (κ1) is 39.4. The molecule has 0 bridgehead atoms. The molecule has 270 valence electrons. The van der Waals surface area contributed by atoms with Gasteiger partial charge in [0.05, 0.1) is 0 Å². The first-order valence-corrected chi connectivity index (χ1v) is 22.9. The topological polar surface area (TPSA) is 0 Å². The standard InChI is InChI=1S/C29H37.C13H10.C7H9.2ClH.Zr/c1-18-25-22-17-19-13-9-10-14-20(19)24(22)21-15-11-12-16-23(21)29(25,8)28(6,7)27(4,5)26(18,2)3;1-3-7-12(8-4-1)11-13-9-5-2-6-10-13;1-6-3-4-7(2)5-6;;;/h9-11,13-15,23H,12,16-17H2,1-8H3;1-10H;3,5,7H,1-2H3;2*1H;/q;;;;;+2/p-2. The summed E-state index contributed by atoms with van der Waals surface area (Å²) in [6.07, 6.45) is 13.7. The van der Waals surface area contributed by atoms with E-state index in [2.05, 4.69) is 178 Å². The molecule has 0 N–H and O–H groups in total. The summed E-state index contributed by atoms with van der Waals surface area (Å²) >= 11 is -3.07. The number of benzene rings is 3. The largest absolute Gasteiger partial charge is 1.00 e. The van der Waals surface area contributed by atoms with Gasteiger partial charge in [-0.05, 0) is 0 Å². The van der Waals surface area contributed by atoms with Crippen LogP contribution >= 0.6 is 0 Å². The van der Waals surface area contributed by atoms with Crippen molar-refractivity contribution in [1.29, 1.82) is 0 Å². The molecule has 0 aromatic heterocycles. The minimum absolute atomic E-state index is 0. The minimum Gasteiger partial charge on any atom is -1.00 e. The van der Waals surface area contributed by atoms with E-state index in [-0.39, 0.29) is 49.6 Å². The van der Waals surface area contributed by atoms with Crippen LogP contribution in [0.25, 0.3) is 5.57 Å². The third kappa shape index (κ3) is 5.04. The molecule has 3 heteroatoms. The van der Waals surface area contributed by atoms with E-state index in [4.69, 9.17) is 0 Å². The summed E-state index contributed by atoms with van der Waals surface area (Å²) in [7, 11) is 0. The number of halogens is 2. The van der Waals surface area contributed by atoms with Gasteiger partial charge in [-0.25, -0.2) is 0 Å². The van der Waals surface area contributed by atoms with Crippen LogP contribution in [-0.4, -0.2) is 3.21 Å². The van der Waals surface area contributed by atoms with Crippen LogP contribution in [0.5, 0.6) is 0 Å². The Hall–Kier alpha value is -2.31. The molecule has 3 aromatic rings. The van der Waals surface area contributed by atoms with E-state index >= 15 is 0 Å². The van der Waals surface area contributed by atoms with E-state index in [1.54, 1.807) is 23.2 Å². The zero-order valence-corrected chi connectivity index (χ0v) is 36.9. The van der Waals surface area contributed by atoms with Crippen LogP contribution in [-0.2, 0) is 27.7 Å². The monoisotopic (exact) mass is 804 g/mol. The van der Waals surface area contributed by atoms with Gasteiger partial charge in [-0.3, -0.25) is 0 Å². The third-order valence-corrected chi connectivity index (χ3v) is 25.9. The first-order chi connectivity index (χ1) is 23.7. The van der Waals surface area contributed by atoms with Crippen LogP contribution in [0.3, 0.4) is 0 Å². The van der Waals surface area contributed by atoms with Crippen molar-refractivity contribution < 1.29 is 46.1 Å². The molecule has 0 spiro atoms. The summed E-state index contributed by atoms with van der Waals surface area (Å²) in [4.78, 5) is 0. The second-order valence-electron chi connectivity index (χ2n) is 18.0. The van der Waals surface area contributed by atoms with E-state index in [0.29, 0.717) is 11.8 Å². The minimum atomic E-state index is -3.07. The zero-order valence-electron chi connectivity index (χ0n) is 32.9. The van der Waals surface area contributed by atoms with Gasteiger partial charge in [-0.15, -0.1) is 0 Å². The van der Waals surface area contributed by atoms with Crippen molar-refractivity contribution >= 4 is 8.78 Å².